The van der Waals surface area contributed by atoms with Gasteiger partial charge in [-0.25, -0.2) is 4.79 Å². The van der Waals surface area contributed by atoms with Crippen molar-refractivity contribution in [2.45, 2.75) is 37.9 Å². The molecular weight excluding hydrogens is 220 g/mol. The second kappa shape index (κ2) is 5.69. The molecule has 0 aromatic carbocycles. The minimum Gasteiger partial charge on any atom is -0.446 e. The Morgan fingerprint density at radius 2 is 1.94 bits per heavy atom. The van der Waals surface area contributed by atoms with E-state index >= 15 is 0 Å². The van der Waals surface area contributed by atoms with E-state index in [2.05, 4.69) is 11.9 Å². The Kier molecular flexibility index (Phi) is 4.23. The van der Waals surface area contributed by atoms with Crippen molar-refractivity contribution in [3.05, 3.63) is 0 Å². The number of aliphatic hydroxyl groups is 1. The summed E-state index contributed by atoms with van der Waals surface area (Å²) in [6, 6.07) is 0. The van der Waals surface area contributed by atoms with Gasteiger partial charge < -0.3 is 19.6 Å². The number of nitrogens with zero attached hydrogens (tertiary/aromatic N) is 2. The van der Waals surface area contributed by atoms with Crippen LogP contribution in [0, 0.1) is 0 Å². The quantitative estimate of drug-likeness (QED) is 0.734. The summed E-state index contributed by atoms with van der Waals surface area (Å²) in [7, 11) is 2.06. The van der Waals surface area contributed by atoms with Crippen LogP contribution in [0.3, 0.4) is 0 Å². The van der Waals surface area contributed by atoms with Crippen LogP contribution in [0.1, 0.15) is 25.7 Å². The molecule has 1 aliphatic carbocycles. The maximum absolute atomic E-state index is 11.9. The molecule has 1 saturated carbocycles. The highest BCUT2D eigenvalue weighted by atomic mass is 16.6. The number of carbonyl (C=O) groups is 1. The average Bonchev–Trinajstić information content (AvgIpc) is 2.29. The minimum atomic E-state index is -0.297. The number of amides is 1. The third kappa shape index (κ3) is 3.57. The molecule has 5 heteroatoms. The van der Waals surface area contributed by atoms with Crippen LogP contribution < -0.4 is 0 Å². The molecule has 0 aromatic heterocycles. The van der Waals surface area contributed by atoms with Gasteiger partial charge in [0.05, 0.1) is 6.10 Å². The third-order valence-corrected chi connectivity index (χ3v) is 3.63. The van der Waals surface area contributed by atoms with E-state index in [4.69, 9.17) is 4.74 Å². The lowest BCUT2D eigenvalue weighted by atomic mass is 9.95. The highest BCUT2D eigenvalue weighted by molar-refractivity contribution is 5.68. The second-order valence-corrected chi connectivity index (χ2v) is 5.12. The highest BCUT2D eigenvalue weighted by Gasteiger charge is 2.26. The predicted octanol–water partition coefficient (Wildman–Crippen LogP) is 0.674. The van der Waals surface area contributed by atoms with E-state index in [-0.39, 0.29) is 18.3 Å². The molecule has 2 fully saturated rings. The van der Waals surface area contributed by atoms with Gasteiger partial charge in [0.25, 0.3) is 0 Å². The van der Waals surface area contributed by atoms with Crippen molar-refractivity contribution in [3.8, 4) is 0 Å². The minimum absolute atomic E-state index is 0.0918. The number of aliphatic hydroxyl groups excluding tert-OH is 1. The molecule has 0 bridgehead atoms. The van der Waals surface area contributed by atoms with Gasteiger partial charge in [-0.3, -0.25) is 0 Å². The van der Waals surface area contributed by atoms with Gasteiger partial charge in [0, 0.05) is 32.6 Å². The van der Waals surface area contributed by atoms with Crippen molar-refractivity contribution in [3.63, 3.8) is 0 Å². The number of carbonyl (C=O) groups excluding carboxylic acids is 1. The summed E-state index contributed by atoms with van der Waals surface area (Å²) in [5, 5.41) is 9.53. The third-order valence-electron chi connectivity index (χ3n) is 3.63. The van der Waals surface area contributed by atoms with Gasteiger partial charge in [-0.1, -0.05) is 0 Å². The van der Waals surface area contributed by atoms with Gasteiger partial charge in [0.2, 0.25) is 0 Å². The topological polar surface area (TPSA) is 53.0 Å². The van der Waals surface area contributed by atoms with E-state index in [1.165, 1.54) is 0 Å². The van der Waals surface area contributed by atoms with Crippen LogP contribution in [0.4, 0.5) is 4.79 Å². The fraction of sp³-hybridized carbons (Fsp3) is 0.917. The van der Waals surface area contributed by atoms with Crippen LogP contribution in [0.25, 0.3) is 0 Å². The smallest absolute Gasteiger partial charge is 0.410 e. The van der Waals surface area contributed by atoms with Gasteiger partial charge in [0.1, 0.15) is 6.10 Å². The highest BCUT2D eigenvalue weighted by Crippen LogP contribution is 2.21. The SMILES string of the molecule is CN1CCN(C(=O)OC2CCCC(O)C2)CC1. The Balaban J connectivity index is 1.76. The summed E-state index contributed by atoms with van der Waals surface area (Å²) in [6.07, 6.45) is 2.66. The second-order valence-electron chi connectivity index (χ2n) is 5.12. The number of ether oxygens (including phenoxy) is 1. The first-order valence-corrected chi connectivity index (χ1v) is 6.47. The lowest BCUT2D eigenvalue weighted by Crippen LogP contribution is -2.48. The molecule has 17 heavy (non-hydrogen) atoms. The number of hydrogen-bond donors (Lipinski definition) is 1. The van der Waals surface area contributed by atoms with E-state index in [0.717, 1.165) is 45.4 Å². The fourth-order valence-corrected chi connectivity index (χ4v) is 2.43. The summed E-state index contributed by atoms with van der Waals surface area (Å²) < 4.78 is 5.44. The van der Waals surface area contributed by atoms with Crippen LogP contribution in [-0.2, 0) is 4.74 Å². The summed E-state index contributed by atoms with van der Waals surface area (Å²) in [5.74, 6) is 0. The summed E-state index contributed by atoms with van der Waals surface area (Å²) >= 11 is 0. The van der Waals surface area contributed by atoms with Crippen LogP contribution in [0.5, 0.6) is 0 Å². The van der Waals surface area contributed by atoms with Crippen LogP contribution >= 0.6 is 0 Å². The van der Waals surface area contributed by atoms with Gasteiger partial charge in [0.15, 0.2) is 0 Å². The molecule has 1 heterocycles. The zero-order valence-corrected chi connectivity index (χ0v) is 10.5. The maximum Gasteiger partial charge on any atom is 0.410 e. The molecule has 1 N–H and O–H groups in total. The zero-order chi connectivity index (χ0) is 12.3. The monoisotopic (exact) mass is 242 g/mol. The van der Waals surface area contributed by atoms with E-state index in [1.54, 1.807) is 4.90 Å². The molecular formula is C12H22N2O3. The van der Waals surface area contributed by atoms with Crippen molar-refractivity contribution in [1.82, 2.24) is 9.80 Å². The lowest BCUT2D eigenvalue weighted by molar-refractivity contribution is 0.00260. The summed E-state index contributed by atoms with van der Waals surface area (Å²) in [5.41, 5.74) is 0. The van der Waals surface area contributed by atoms with Gasteiger partial charge in [-0.05, 0) is 26.3 Å². The van der Waals surface area contributed by atoms with Crippen LogP contribution in [0.2, 0.25) is 0 Å². The molecule has 2 atom stereocenters. The molecule has 2 rings (SSSR count). The molecule has 2 aliphatic rings. The molecule has 0 aromatic rings. The van der Waals surface area contributed by atoms with Crippen molar-refractivity contribution in [2.24, 2.45) is 0 Å². The standard InChI is InChI=1S/C12H22N2O3/c1-13-5-7-14(8-6-13)12(16)17-11-4-2-3-10(15)9-11/h10-11,15H,2-9H2,1H3. The van der Waals surface area contributed by atoms with Crippen molar-refractivity contribution >= 4 is 6.09 Å². The molecule has 98 valence electrons. The van der Waals surface area contributed by atoms with E-state index in [9.17, 15) is 9.90 Å². The largest absolute Gasteiger partial charge is 0.446 e. The first kappa shape index (κ1) is 12.6. The Labute approximate surface area is 102 Å². The number of piperazine rings is 1. The van der Waals surface area contributed by atoms with Gasteiger partial charge in [-0.15, -0.1) is 0 Å². The molecule has 5 nitrogen and oxygen atoms in total. The maximum atomic E-state index is 11.9. The Bertz CT molecular complexity index is 264. The molecule has 0 radical (unpaired) electrons. The predicted molar refractivity (Wildman–Crippen MR) is 63.8 cm³/mol. The number of hydrogen-bond acceptors (Lipinski definition) is 4. The van der Waals surface area contributed by atoms with Gasteiger partial charge in [-0.2, -0.15) is 0 Å². The van der Waals surface area contributed by atoms with Crippen molar-refractivity contribution in [2.75, 3.05) is 33.2 Å². The first-order valence-electron chi connectivity index (χ1n) is 6.47. The molecule has 2 unspecified atom stereocenters. The van der Waals surface area contributed by atoms with Crippen LogP contribution in [-0.4, -0.2) is 66.4 Å². The average molecular weight is 242 g/mol. The molecule has 1 aliphatic heterocycles. The Morgan fingerprint density at radius 1 is 1.24 bits per heavy atom. The Hall–Kier alpha value is -0.810. The fourth-order valence-electron chi connectivity index (χ4n) is 2.43. The van der Waals surface area contributed by atoms with Gasteiger partial charge >= 0.3 is 6.09 Å². The van der Waals surface area contributed by atoms with Crippen LogP contribution in [0.15, 0.2) is 0 Å². The van der Waals surface area contributed by atoms with Crippen molar-refractivity contribution < 1.29 is 14.6 Å². The summed E-state index contributed by atoms with van der Waals surface area (Å²) in [6.45, 7) is 3.29. The normalized spacial score (nSPS) is 31.3. The molecule has 0 spiro atoms. The number of rotatable bonds is 1. The Morgan fingerprint density at radius 3 is 2.59 bits per heavy atom. The van der Waals surface area contributed by atoms with Crippen molar-refractivity contribution in [1.29, 1.82) is 0 Å². The van der Waals surface area contributed by atoms with E-state index in [1.807, 2.05) is 0 Å². The number of likely N-dealkylation sites (N-methyl/N-ethyl adjacent to an activating group) is 1. The molecule has 1 amide bonds. The first-order chi connectivity index (χ1) is 8.15. The van der Waals surface area contributed by atoms with E-state index < -0.39 is 0 Å². The zero-order valence-electron chi connectivity index (χ0n) is 10.5. The molecule has 1 saturated heterocycles. The lowest BCUT2D eigenvalue weighted by Gasteiger charge is -2.34. The summed E-state index contributed by atoms with van der Waals surface area (Å²) in [4.78, 5) is 15.9. The van der Waals surface area contributed by atoms with E-state index in [0.29, 0.717) is 6.42 Å².